The van der Waals surface area contributed by atoms with Crippen LogP contribution < -0.4 is 0 Å². The Hall–Kier alpha value is -3.34. The maximum atomic E-state index is 12.9. The van der Waals surface area contributed by atoms with E-state index in [9.17, 15) is 28.9 Å². The summed E-state index contributed by atoms with van der Waals surface area (Å²) in [5.74, 6) is -1.51. The van der Waals surface area contributed by atoms with E-state index in [2.05, 4.69) is 106 Å². The molecule has 0 aromatic heterocycles. The molecule has 0 fully saturated rings. The largest absolute Gasteiger partial charge is 0.472 e. The van der Waals surface area contributed by atoms with E-state index in [-0.39, 0.29) is 25.9 Å². The first-order valence-corrected chi connectivity index (χ1v) is 31.0. The van der Waals surface area contributed by atoms with E-state index in [1.165, 1.54) is 57.8 Å². The molecule has 0 saturated carbocycles. The molecule has 0 aromatic rings. The van der Waals surface area contributed by atoms with Gasteiger partial charge in [0.25, 0.3) is 0 Å². The number of carbonyl (C=O) groups excluding carboxylic acids is 3. The van der Waals surface area contributed by atoms with Crippen LogP contribution in [0.25, 0.3) is 0 Å². The van der Waals surface area contributed by atoms with Crippen LogP contribution in [0.4, 0.5) is 0 Å². The molecular weight excluding hydrogens is 952 g/mol. The highest BCUT2D eigenvalue weighted by molar-refractivity contribution is 7.47. The summed E-state index contributed by atoms with van der Waals surface area (Å²) >= 11 is 0. The Bertz CT molecular complexity index is 1560. The number of aliphatic hydroxyl groups excluding tert-OH is 1. The Morgan fingerprint density at radius 3 is 1.15 bits per heavy atom. The Kier molecular flexibility index (Phi) is 53.4. The molecule has 0 amide bonds. The van der Waals surface area contributed by atoms with Crippen LogP contribution in [-0.2, 0) is 42.2 Å². The summed E-state index contributed by atoms with van der Waals surface area (Å²) in [5.41, 5.74) is 0. The molecule has 3 atom stereocenters. The van der Waals surface area contributed by atoms with Gasteiger partial charge in [-0.05, 0) is 109 Å². The smallest absolute Gasteiger partial charge is 0.462 e. The van der Waals surface area contributed by atoms with Gasteiger partial charge in [0.1, 0.15) is 12.7 Å². The van der Waals surface area contributed by atoms with E-state index in [1.54, 1.807) is 0 Å². The number of ether oxygens (including phenoxy) is 3. The monoisotopic (exact) mass is 1060 g/mol. The zero-order valence-corrected chi connectivity index (χ0v) is 47.9. The number of hydrogen-bond donors (Lipinski definition) is 2. The van der Waals surface area contributed by atoms with Gasteiger partial charge in [0.05, 0.1) is 19.8 Å². The number of esters is 3. The van der Waals surface area contributed by atoms with Crippen molar-refractivity contribution in [1.82, 2.24) is 0 Å². The highest BCUT2D eigenvalue weighted by Gasteiger charge is 2.28. The van der Waals surface area contributed by atoms with Gasteiger partial charge in [0.15, 0.2) is 6.10 Å². The summed E-state index contributed by atoms with van der Waals surface area (Å²) in [6.45, 7) is 4.42. The fraction of sp³-hybridized carbons (Fsp3) is 0.726. The average Bonchev–Trinajstić information content (AvgIpc) is 3.39. The third-order valence-corrected chi connectivity index (χ3v) is 13.2. The Balaban J connectivity index is 4.78. The average molecular weight is 1060 g/mol. The van der Waals surface area contributed by atoms with Crippen molar-refractivity contribution in [1.29, 1.82) is 0 Å². The molecule has 0 rings (SSSR count). The molecule has 0 bridgehead atoms. The van der Waals surface area contributed by atoms with Crippen LogP contribution in [0.2, 0.25) is 0 Å². The minimum atomic E-state index is -4.76. The van der Waals surface area contributed by atoms with Gasteiger partial charge in [-0.2, -0.15) is 0 Å². The number of phosphoric acid groups is 1. The maximum absolute atomic E-state index is 12.9. The first-order chi connectivity index (χ1) is 36.2. The topological polar surface area (TPSA) is 155 Å². The summed E-state index contributed by atoms with van der Waals surface area (Å²) in [6, 6.07) is 0. The lowest BCUT2D eigenvalue weighted by atomic mass is 10.1. The van der Waals surface area contributed by atoms with Gasteiger partial charge in [-0.1, -0.05) is 209 Å². The van der Waals surface area contributed by atoms with Gasteiger partial charge < -0.3 is 24.2 Å². The normalized spacial score (nSPS) is 14.0. The van der Waals surface area contributed by atoms with Gasteiger partial charge in [-0.3, -0.25) is 23.4 Å². The van der Waals surface area contributed by atoms with Gasteiger partial charge in [0, 0.05) is 19.3 Å². The minimum Gasteiger partial charge on any atom is -0.462 e. The van der Waals surface area contributed by atoms with Gasteiger partial charge in [-0.15, -0.1) is 0 Å². The fourth-order valence-electron chi connectivity index (χ4n) is 7.79. The third-order valence-electron chi connectivity index (χ3n) is 12.3. The summed E-state index contributed by atoms with van der Waals surface area (Å²) < 4.78 is 39.5. The molecule has 11 nitrogen and oxygen atoms in total. The van der Waals surface area contributed by atoms with Crippen molar-refractivity contribution in [2.24, 2.45) is 0 Å². The molecule has 0 saturated heterocycles. The first kappa shape index (κ1) is 70.7. The number of hydrogen-bond acceptors (Lipinski definition) is 10. The highest BCUT2D eigenvalue weighted by atomic mass is 31.2. The van der Waals surface area contributed by atoms with E-state index in [4.69, 9.17) is 23.3 Å². The van der Waals surface area contributed by atoms with Crippen LogP contribution in [0.3, 0.4) is 0 Å². The van der Waals surface area contributed by atoms with Crippen LogP contribution in [0.15, 0.2) is 85.1 Å². The third kappa shape index (κ3) is 53.5. The molecule has 74 heavy (non-hydrogen) atoms. The highest BCUT2D eigenvalue weighted by Crippen LogP contribution is 2.43. The molecule has 0 aromatic carbocycles. The molecule has 426 valence electrons. The van der Waals surface area contributed by atoms with E-state index in [1.807, 2.05) is 0 Å². The Labute approximate surface area is 451 Å². The van der Waals surface area contributed by atoms with Crippen molar-refractivity contribution >= 4 is 25.7 Å². The predicted octanol–water partition coefficient (Wildman–Crippen LogP) is 17.5. The quantitative estimate of drug-likeness (QED) is 0.0197. The van der Waals surface area contributed by atoms with E-state index in [0.717, 1.165) is 135 Å². The minimum absolute atomic E-state index is 0.153. The second-order valence-corrected chi connectivity index (χ2v) is 20.9. The molecule has 0 aliphatic heterocycles. The second kappa shape index (κ2) is 55.9. The number of aliphatic hydroxyl groups is 1. The zero-order chi connectivity index (χ0) is 54.1. The van der Waals surface area contributed by atoms with E-state index >= 15 is 0 Å². The Morgan fingerprint density at radius 1 is 0.392 bits per heavy atom. The molecule has 0 heterocycles. The van der Waals surface area contributed by atoms with Gasteiger partial charge in [0.2, 0.25) is 0 Å². The number of carbonyl (C=O) groups is 3. The van der Waals surface area contributed by atoms with E-state index in [0.29, 0.717) is 19.3 Å². The fourth-order valence-corrected chi connectivity index (χ4v) is 8.58. The van der Waals surface area contributed by atoms with Crippen LogP contribution in [0, 0.1) is 0 Å². The summed E-state index contributed by atoms with van der Waals surface area (Å²) in [6.07, 6.45) is 63.9. The molecule has 2 N–H and O–H groups in total. The second-order valence-electron chi connectivity index (χ2n) is 19.4. The zero-order valence-electron chi connectivity index (χ0n) is 47.0. The molecule has 12 heteroatoms. The molecule has 0 spiro atoms. The molecule has 0 aliphatic carbocycles. The molecule has 3 unspecified atom stereocenters. The molecule has 0 aliphatic rings. The Morgan fingerprint density at radius 2 is 0.730 bits per heavy atom. The number of phosphoric ester groups is 1. The maximum Gasteiger partial charge on any atom is 0.472 e. The van der Waals surface area contributed by atoms with Gasteiger partial charge in [-0.25, -0.2) is 4.57 Å². The van der Waals surface area contributed by atoms with Gasteiger partial charge >= 0.3 is 25.7 Å². The van der Waals surface area contributed by atoms with E-state index < -0.39 is 57.8 Å². The van der Waals surface area contributed by atoms with Crippen LogP contribution in [-0.4, -0.2) is 66.5 Å². The molecular formula is C62H107O11P. The summed E-state index contributed by atoms with van der Waals surface area (Å²) in [4.78, 5) is 48.6. The van der Waals surface area contributed by atoms with Crippen molar-refractivity contribution in [3.63, 3.8) is 0 Å². The van der Waals surface area contributed by atoms with Crippen molar-refractivity contribution in [3.05, 3.63) is 85.1 Å². The predicted molar refractivity (Wildman–Crippen MR) is 307 cm³/mol. The van der Waals surface area contributed by atoms with Crippen LogP contribution in [0.5, 0.6) is 0 Å². The van der Waals surface area contributed by atoms with Crippen molar-refractivity contribution in [3.8, 4) is 0 Å². The lowest BCUT2D eigenvalue weighted by molar-refractivity contribution is -0.161. The number of unbranched alkanes of at least 4 members (excludes halogenated alkanes) is 23. The van der Waals surface area contributed by atoms with Crippen LogP contribution >= 0.6 is 7.82 Å². The van der Waals surface area contributed by atoms with Crippen molar-refractivity contribution in [2.45, 2.75) is 264 Å². The molecule has 0 radical (unpaired) electrons. The summed E-state index contributed by atoms with van der Waals surface area (Å²) in [5, 5.41) is 9.81. The first-order valence-electron chi connectivity index (χ1n) is 29.5. The number of rotatable bonds is 54. The van der Waals surface area contributed by atoms with Crippen molar-refractivity contribution < 1.29 is 52.2 Å². The van der Waals surface area contributed by atoms with Crippen molar-refractivity contribution in [2.75, 3.05) is 26.4 Å². The lowest BCUT2D eigenvalue weighted by Crippen LogP contribution is -2.30. The lowest BCUT2D eigenvalue weighted by Gasteiger charge is -2.21. The SMILES string of the molecule is CC/C=C\C/C=C\C/C=C\C/C=C\CCCCCCC(=O)OCC(COP(=O)(O)OCC(CO)OC(=O)CCCCCCC/C=C\C/C=C\CCC)OC(=O)CCCCCCCCC/C=C\CCCCCCCC. The number of allylic oxidation sites excluding steroid dienone is 14. The standard InChI is InChI=1S/C62H107O11P/c1-4-7-10-13-16-19-22-25-27-29-31-34-36-39-42-45-48-51-60(64)69-55-59(73-62(66)53-50-47-44-41-38-35-32-30-28-26-23-20-17-14-11-8-5-2)57-71-74(67,68)70-56-58(54-63)72-61(65)52-49-46-43-40-37-33-24-21-18-15-12-9-6-3/h7,10,12,15-16,19,21,24-28,31,34,58-59,63H,4-6,8-9,11,13-14,17-18,20,22-23,29-30,32-33,35-57H2,1-3H3,(H,67,68)/b10-7-,15-12-,19-16-,24-21-,27-25-,28-26-,34-31-. The van der Waals surface area contributed by atoms with Crippen LogP contribution in [0.1, 0.15) is 252 Å². The summed E-state index contributed by atoms with van der Waals surface area (Å²) in [7, 11) is -4.76.